The maximum atomic E-state index is 15.0. The average molecular weight is 491 g/mol. The van der Waals surface area contributed by atoms with Gasteiger partial charge in [-0.1, -0.05) is 11.6 Å². The Labute approximate surface area is 190 Å². The number of halogens is 6. The van der Waals surface area contributed by atoms with Crippen LogP contribution < -0.4 is 10.1 Å². The molecule has 1 aliphatic rings. The Balaban J connectivity index is 1.67. The first kappa shape index (κ1) is 23.4. The molecule has 1 aliphatic heterocycles. The summed E-state index contributed by atoms with van der Waals surface area (Å²) in [6.45, 7) is 4.01. The Morgan fingerprint density at radius 1 is 1.18 bits per heavy atom. The molecule has 1 saturated heterocycles. The van der Waals surface area contributed by atoms with E-state index in [1.54, 1.807) is 0 Å². The van der Waals surface area contributed by atoms with Gasteiger partial charge in [0.1, 0.15) is 40.7 Å². The zero-order valence-electron chi connectivity index (χ0n) is 17.5. The predicted molar refractivity (Wildman–Crippen MR) is 111 cm³/mol. The van der Waals surface area contributed by atoms with Crippen molar-refractivity contribution in [3.63, 3.8) is 0 Å². The van der Waals surface area contributed by atoms with Crippen molar-refractivity contribution in [3.05, 3.63) is 35.2 Å². The van der Waals surface area contributed by atoms with Crippen molar-refractivity contribution in [3.8, 4) is 16.9 Å². The summed E-state index contributed by atoms with van der Waals surface area (Å²) in [5.41, 5.74) is -1.07. The molecule has 2 aromatic heterocycles. The Morgan fingerprint density at radius 2 is 1.88 bits per heavy atom. The monoisotopic (exact) mass is 490 g/mol. The second-order valence-electron chi connectivity index (χ2n) is 7.66. The minimum absolute atomic E-state index is 0.0403. The smallest absolute Gasteiger partial charge is 0.408 e. The van der Waals surface area contributed by atoms with Crippen molar-refractivity contribution in [1.29, 1.82) is 0 Å². The summed E-state index contributed by atoms with van der Waals surface area (Å²) in [6, 6.07) is -0.163. The highest BCUT2D eigenvalue weighted by molar-refractivity contribution is 6.33. The number of benzene rings is 1. The van der Waals surface area contributed by atoms with Crippen LogP contribution in [0, 0.1) is 11.6 Å². The zero-order chi connectivity index (χ0) is 23.8. The van der Waals surface area contributed by atoms with Crippen LogP contribution in [-0.4, -0.2) is 62.9 Å². The number of fused-ring (bicyclic) bond motifs is 1. The number of alkyl halides is 3. The van der Waals surface area contributed by atoms with Crippen LogP contribution >= 0.6 is 11.6 Å². The lowest BCUT2D eigenvalue weighted by Crippen LogP contribution is -2.38. The topological polar surface area (TPSA) is 67.6 Å². The van der Waals surface area contributed by atoms with Crippen LogP contribution in [0.1, 0.15) is 19.8 Å². The Bertz CT molecular complexity index is 1130. The maximum Gasteiger partial charge on any atom is 0.408 e. The van der Waals surface area contributed by atoms with Crippen molar-refractivity contribution < 1.29 is 26.7 Å². The van der Waals surface area contributed by atoms with Crippen molar-refractivity contribution in [2.24, 2.45) is 0 Å². The number of nitrogens with one attached hydrogen (secondary N) is 1. The number of ether oxygens (including phenoxy) is 1. The van der Waals surface area contributed by atoms with Gasteiger partial charge in [-0.05, 0) is 32.9 Å². The van der Waals surface area contributed by atoms with Gasteiger partial charge in [0.25, 0.3) is 5.78 Å². The second-order valence-corrected chi connectivity index (χ2v) is 8.02. The van der Waals surface area contributed by atoms with Gasteiger partial charge in [-0.3, -0.25) is 0 Å². The number of hydrogen-bond donors (Lipinski definition) is 1. The van der Waals surface area contributed by atoms with Gasteiger partial charge < -0.3 is 15.0 Å². The molecule has 178 valence electrons. The summed E-state index contributed by atoms with van der Waals surface area (Å²) >= 11 is 6.15. The molecule has 4 rings (SSSR count). The second kappa shape index (κ2) is 9.26. The van der Waals surface area contributed by atoms with E-state index in [0.29, 0.717) is 6.42 Å². The van der Waals surface area contributed by atoms with E-state index in [4.69, 9.17) is 16.3 Å². The fourth-order valence-corrected chi connectivity index (χ4v) is 3.67. The van der Waals surface area contributed by atoms with Crippen molar-refractivity contribution >= 4 is 23.2 Å². The molecule has 0 bridgehead atoms. The van der Waals surface area contributed by atoms with Gasteiger partial charge in [0.15, 0.2) is 0 Å². The van der Waals surface area contributed by atoms with E-state index in [1.165, 1.54) is 0 Å². The molecule has 1 fully saturated rings. The first-order valence-corrected chi connectivity index (χ1v) is 10.6. The van der Waals surface area contributed by atoms with Crippen molar-refractivity contribution in [2.75, 3.05) is 31.6 Å². The van der Waals surface area contributed by atoms with E-state index in [9.17, 15) is 13.2 Å². The van der Waals surface area contributed by atoms with E-state index in [1.807, 2.05) is 0 Å². The minimum atomic E-state index is -4.65. The maximum absolute atomic E-state index is 15.0. The van der Waals surface area contributed by atoms with Crippen LogP contribution in [0.4, 0.5) is 27.8 Å². The van der Waals surface area contributed by atoms with E-state index < -0.39 is 46.0 Å². The first-order chi connectivity index (χ1) is 15.6. The molecule has 1 atom stereocenters. The largest absolute Gasteiger partial charge is 0.493 e. The molecule has 3 aromatic rings. The SMILES string of the molecule is CC(Nc1c(-c2c(F)cc(OCCCN3CCC3)cc2F)c(Cl)nc2ncnn12)C(F)(F)F. The van der Waals surface area contributed by atoms with Crippen molar-refractivity contribution in [2.45, 2.75) is 32.0 Å². The van der Waals surface area contributed by atoms with Gasteiger partial charge in [-0.15, -0.1) is 0 Å². The lowest BCUT2D eigenvalue weighted by atomic mass is 10.1. The fourth-order valence-electron chi connectivity index (χ4n) is 3.41. The Morgan fingerprint density at radius 3 is 2.48 bits per heavy atom. The molecule has 1 unspecified atom stereocenters. The lowest BCUT2D eigenvalue weighted by molar-refractivity contribution is -0.138. The number of hydrogen-bond acceptors (Lipinski definition) is 6. The van der Waals surface area contributed by atoms with E-state index in [0.717, 1.165) is 56.0 Å². The van der Waals surface area contributed by atoms with Gasteiger partial charge in [0.05, 0.1) is 17.7 Å². The number of nitrogens with zero attached hydrogens (tertiary/aromatic N) is 5. The highest BCUT2D eigenvalue weighted by Crippen LogP contribution is 2.39. The third-order valence-corrected chi connectivity index (χ3v) is 5.60. The van der Waals surface area contributed by atoms with Crippen LogP contribution in [0.2, 0.25) is 5.15 Å². The summed E-state index contributed by atoms with van der Waals surface area (Å²) < 4.78 is 76.1. The van der Waals surface area contributed by atoms with E-state index in [-0.39, 0.29) is 18.1 Å². The molecule has 1 N–H and O–H groups in total. The fraction of sp³-hybridized carbons (Fsp3) is 0.450. The molecule has 0 saturated carbocycles. The highest BCUT2D eigenvalue weighted by Gasteiger charge is 2.37. The molecular formula is C20H20ClF5N6O. The molecule has 13 heteroatoms. The van der Waals surface area contributed by atoms with Crippen LogP contribution in [0.25, 0.3) is 16.9 Å². The minimum Gasteiger partial charge on any atom is -0.493 e. The van der Waals surface area contributed by atoms with Gasteiger partial charge in [-0.2, -0.15) is 32.8 Å². The summed E-state index contributed by atoms with van der Waals surface area (Å²) in [7, 11) is 0. The molecule has 33 heavy (non-hydrogen) atoms. The van der Waals surface area contributed by atoms with Crippen molar-refractivity contribution in [1.82, 2.24) is 24.5 Å². The van der Waals surface area contributed by atoms with E-state index in [2.05, 4.69) is 25.3 Å². The lowest BCUT2D eigenvalue weighted by Gasteiger charge is -2.30. The predicted octanol–water partition coefficient (Wildman–Crippen LogP) is 4.56. The average Bonchev–Trinajstić information content (AvgIpc) is 3.15. The van der Waals surface area contributed by atoms with Gasteiger partial charge in [-0.25, -0.2) is 8.78 Å². The standard InChI is InChI=1S/C20H20ClF5N6O/c1-11(20(24,25)26)29-18-16(17(21)30-19-27-10-28-32(18)19)15-13(22)8-12(9-14(15)23)33-7-3-6-31-4-2-5-31/h8-11,29H,2-7H2,1H3. The number of likely N-dealkylation sites (tertiary alicyclic amines) is 1. The molecule has 0 aliphatic carbocycles. The first-order valence-electron chi connectivity index (χ1n) is 10.2. The van der Waals surface area contributed by atoms with E-state index >= 15 is 8.78 Å². The molecule has 0 spiro atoms. The normalized spacial score (nSPS) is 15.5. The van der Waals surface area contributed by atoms with Crippen LogP contribution in [-0.2, 0) is 0 Å². The van der Waals surface area contributed by atoms with Crippen LogP contribution in [0.3, 0.4) is 0 Å². The van der Waals surface area contributed by atoms with Crippen LogP contribution in [0.15, 0.2) is 18.5 Å². The third-order valence-electron chi connectivity index (χ3n) is 5.33. The Hall–Kier alpha value is -2.73. The number of aromatic nitrogens is 4. The number of anilines is 1. The van der Waals surface area contributed by atoms with Crippen LogP contribution in [0.5, 0.6) is 5.75 Å². The summed E-state index contributed by atoms with van der Waals surface area (Å²) in [5, 5.41) is 5.57. The van der Waals surface area contributed by atoms with Gasteiger partial charge in [0.2, 0.25) is 0 Å². The van der Waals surface area contributed by atoms with Gasteiger partial charge >= 0.3 is 6.18 Å². The summed E-state index contributed by atoms with van der Waals surface area (Å²) in [4.78, 5) is 9.93. The quantitative estimate of drug-likeness (QED) is 0.284. The van der Waals surface area contributed by atoms with Gasteiger partial charge in [0, 0.05) is 18.7 Å². The molecule has 0 amide bonds. The summed E-state index contributed by atoms with van der Waals surface area (Å²) in [6.07, 6.45) is -1.76. The molecule has 3 heterocycles. The molecular weight excluding hydrogens is 471 g/mol. The summed E-state index contributed by atoms with van der Waals surface area (Å²) in [5.74, 6) is -2.71. The molecule has 1 aromatic carbocycles. The number of rotatable bonds is 8. The zero-order valence-corrected chi connectivity index (χ0v) is 18.2. The third kappa shape index (κ3) is 4.96. The molecule has 0 radical (unpaired) electrons. The Kier molecular flexibility index (Phi) is 6.57. The molecule has 7 nitrogen and oxygen atoms in total. The highest BCUT2D eigenvalue weighted by atomic mass is 35.5.